The standard InChI is InChI=1S/C11H17N3O/c1-2-3-4-5-7-14-11(15)10-12-8-6-9-13-10/h6,8-9H,2-5,7H2,1H3,(H,14,15). The number of carbonyl (C=O) groups excluding carboxylic acids is 1. The first kappa shape index (κ1) is 11.6. The van der Waals surface area contributed by atoms with Gasteiger partial charge in [0, 0.05) is 18.9 Å². The summed E-state index contributed by atoms with van der Waals surface area (Å²) >= 11 is 0. The van der Waals surface area contributed by atoms with Gasteiger partial charge in [-0.1, -0.05) is 26.2 Å². The molecule has 0 bridgehead atoms. The van der Waals surface area contributed by atoms with Crippen LogP contribution in [0, 0.1) is 0 Å². The molecule has 0 aliphatic carbocycles. The fraction of sp³-hybridized carbons (Fsp3) is 0.545. The molecule has 82 valence electrons. The Balaban J connectivity index is 2.20. The van der Waals surface area contributed by atoms with Crippen molar-refractivity contribution in [3.63, 3.8) is 0 Å². The molecule has 1 amide bonds. The number of rotatable bonds is 6. The van der Waals surface area contributed by atoms with E-state index in [4.69, 9.17) is 0 Å². The Labute approximate surface area is 90.1 Å². The fourth-order valence-corrected chi connectivity index (χ4v) is 1.25. The second kappa shape index (κ2) is 6.92. The van der Waals surface area contributed by atoms with Gasteiger partial charge in [-0.25, -0.2) is 9.97 Å². The molecular formula is C11H17N3O. The summed E-state index contributed by atoms with van der Waals surface area (Å²) in [6.07, 6.45) is 7.74. The summed E-state index contributed by atoms with van der Waals surface area (Å²) in [6.45, 7) is 2.87. The average molecular weight is 207 g/mol. The lowest BCUT2D eigenvalue weighted by molar-refractivity contribution is 0.0942. The number of aromatic nitrogens is 2. The lowest BCUT2D eigenvalue weighted by Gasteiger charge is -2.02. The minimum Gasteiger partial charge on any atom is -0.349 e. The molecule has 1 aromatic heterocycles. The molecular weight excluding hydrogens is 190 g/mol. The molecule has 4 nitrogen and oxygen atoms in total. The SMILES string of the molecule is CCCCCCNC(=O)c1ncccn1. The first-order chi connectivity index (χ1) is 7.34. The molecule has 0 saturated heterocycles. The van der Waals surface area contributed by atoms with E-state index in [2.05, 4.69) is 22.2 Å². The van der Waals surface area contributed by atoms with Crippen molar-refractivity contribution < 1.29 is 4.79 Å². The van der Waals surface area contributed by atoms with Crippen molar-refractivity contribution >= 4 is 5.91 Å². The van der Waals surface area contributed by atoms with Gasteiger partial charge in [-0.3, -0.25) is 4.79 Å². The summed E-state index contributed by atoms with van der Waals surface area (Å²) < 4.78 is 0. The predicted octanol–water partition coefficient (Wildman–Crippen LogP) is 1.79. The fourth-order valence-electron chi connectivity index (χ4n) is 1.25. The highest BCUT2D eigenvalue weighted by atomic mass is 16.2. The Morgan fingerprint density at radius 3 is 2.67 bits per heavy atom. The van der Waals surface area contributed by atoms with Crippen LogP contribution in [0.15, 0.2) is 18.5 Å². The molecule has 0 radical (unpaired) electrons. The number of unbranched alkanes of at least 4 members (excludes halogenated alkanes) is 3. The second-order valence-electron chi connectivity index (χ2n) is 3.39. The highest BCUT2D eigenvalue weighted by Gasteiger charge is 2.05. The van der Waals surface area contributed by atoms with Crippen molar-refractivity contribution in [1.29, 1.82) is 0 Å². The number of amides is 1. The normalized spacial score (nSPS) is 9.93. The zero-order valence-corrected chi connectivity index (χ0v) is 9.07. The van der Waals surface area contributed by atoms with Crippen molar-refractivity contribution in [1.82, 2.24) is 15.3 Å². The molecule has 1 aromatic rings. The Hall–Kier alpha value is -1.45. The topological polar surface area (TPSA) is 54.9 Å². The molecule has 0 aliphatic heterocycles. The summed E-state index contributed by atoms with van der Waals surface area (Å²) in [5.41, 5.74) is 0. The molecule has 1 rings (SSSR count). The van der Waals surface area contributed by atoms with E-state index >= 15 is 0 Å². The van der Waals surface area contributed by atoms with Crippen molar-refractivity contribution in [3.05, 3.63) is 24.3 Å². The zero-order chi connectivity index (χ0) is 10.9. The van der Waals surface area contributed by atoms with Gasteiger partial charge >= 0.3 is 0 Å². The van der Waals surface area contributed by atoms with Crippen LogP contribution >= 0.6 is 0 Å². The van der Waals surface area contributed by atoms with Crippen LogP contribution < -0.4 is 5.32 Å². The molecule has 0 aromatic carbocycles. The Morgan fingerprint density at radius 2 is 2.00 bits per heavy atom. The summed E-state index contributed by atoms with van der Waals surface area (Å²) in [5, 5.41) is 2.79. The van der Waals surface area contributed by atoms with Gasteiger partial charge in [-0.2, -0.15) is 0 Å². The lowest BCUT2D eigenvalue weighted by atomic mass is 10.2. The number of nitrogens with zero attached hydrogens (tertiary/aromatic N) is 2. The maximum absolute atomic E-state index is 11.4. The van der Waals surface area contributed by atoms with E-state index in [0.717, 1.165) is 12.8 Å². The monoisotopic (exact) mass is 207 g/mol. The molecule has 0 fully saturated rings. The molecule has 4 heteroatoms. The third kappa shape index (κ3) is 4.54. The molecule has 0 spiro atoms. The van der Waals surface area contributed by atoms with Crippen molar-refractivity contribution in [3.8, 4) is 0 Å². The van der Waals surface area contributed by atoms with E-state index in [1.165, 1.54) is 12.8 Å². The summed E-state index contributed by atoms with van der Waals surface area (Å²) in [7, 11) is 0. The van der Waals surface area contributed by atoms with Crippen LogP contribution in [-0.4, -0.2) is 22.4 Å². The van der Waals surface area contributed by atoms with E-state index < -0.39 is 0 Å². The molecule has 1 N–H and O–H groups in total. The number of hydrogen-bond donors (Lipinski definition) is 1. The van der Waals surface area contributed by atoms with Crippen LogP contribution in [0.25, 0.3) is 0 Å². The van der Waals surface area contributed by atoms with Gasteiger partial charge in [0.15, 0.2) is 0 Å². The van der Waals surface area contributed by atoms with Gasteiger partial charge in [0.1, 0.15) is 0 Å². The van der Waals surface area contributed by atoms with E-state index in [1.54, 1.807) is 18.5 Å². The molecule has 1 heterocycles. The predicted molar refractivity (Wildman–Crippen MR) is 58.5 cm³/mol. The van der Waals surface area contributed by atoms with Gasteiger partial charge in [0.2, 0.25) is 5.82 Å². The molecule has 0 aliphatic rings. The van der Waals surface area contributed by atoms with E-state index in [-0.39, 0.29) is 11.7 Å². The van der Waals surface area contributed by atoms with Gasteiger partial charge in [0.25, 0.3) is 5.91 Å². The third-order valence-corrected chi connectivity index (χ3v) is 2.08. The minimum absolute atomic E-state index is 0.188. The smallest absolute Gasteiger partial charge is 0.289 e. The average Bonchev–Trinajstić information content (AvgIpc) is 2.30. The van der Waals surface area contributed by atoms with Crippen molar-refractivity contribution in [2.75, 3.05) is 6.54 Å². The van der Waals surface area contributed by atoms with E-state index in [1.807, 2.05) is 0 Å². The van der Waals surface area contributed by atoms with Crippen LogP contribution in [0.5, 0.6) is 0 Å². The number of hydrogen-bond acceptors (Lipinski definition) is 3. The molecule has 0 saturated carbocycles. The molecule has 0 unspecified atom stereocenters. The van der Waals surface area contributed by atoms with Gasteiger partial charge in [-0.05, 0) is 12.5 Å². The Kier molecular flexibility index (Phi) is 5.37. The van der Waals surface area contributed by atoms with E-state index in [0.29, 0.717) is 6.54 Å². The largest absolute Gasteiger partial charge is 0.349 e. The zero-order valence-electron chi connectivity index (χ0n) is 9.07. The Morgan fingerprint density at radius 1 is 1.27 bits per heavy atom. The van der Waals surface area contributed by atoms with Crippen LogP contribution in [0.1, 0.15) is 43.2 Å². The van der Waals surface area contributed by atoms with Crippen molar-refractivity contribution in [2.24, 2.45) is 0 Å². The first-order valence-corrected chi connectivity index (χ1v) is 5.40. The number of carbonyl (C=O) groups is 1. The third-order valence-electron chi connectivity index (χ3n) is 2.08. The lowest BCUT2D eigenvalue weighted by Crippen LogP contribution is -2.26. The van der Waals surface area contributed by atoms with Crippen molar-refractivity contribution in [2.45, 2.75) is 32.6 Å². The van der Waals surface area contributed by atoms with E-state index in [9.17, 15) is 4.79 Å². The van der Waals surface area contributed by atoms with Gasteiger partial charge in [0.05, 0.1) is 0 Å². The van der Waals surface area contributed by atoms with Crippen LogP contribution in [-0.2, 0) is 0 Å². The van der Waals surface area contributed by atoms with Gasteiger partial charge in [-0.15, -0.1) is 0 Å². The van der Waals surface area contributed by atoms with Crippen LogP contribution in [0.4, 0.5) is 0 Å². The van der Waals surface area contributed by atoms with Gasteiger partial charge < -0.3 is 5.32 Å². The van der Waals surface area contributed by atoms with Crippen LogP contribution in [0.3, 0.4) is 0 Å². The minimum atomic E-state index is -0.188. The maximum atomic E-state index is 11.4. The van der Waals surface area contributed by atoms with Crippen LogP contribution in [0.2, 0.25) is 0 Å². The highest BCUT2D eigenvalue weighted by Crippen LogP contribution is 1.97. The summed E-state index contributed by atoms with van der Waals surface area (Å²) in [6, 6.07) is 1.69. The molecule has 15 heavy (non-hydrogen) atoms. The Bertz CT molecular complexity index is 287. The first-order valence-electron chi connectivity index (χ1n) is 5.40. The number of nitrogens with one attached hydrogen (secondary N) is 1. The maximum Gasteiger partial charge on any atom is 0.289 e. The summed E-state index contributed by atoms with van der Waals surface area (Å²) in [4.78, 5) is 19.2. The summed E-state index contributed by atoms with van der Waals surface area (Å²) in [5.74, 6) is 0.0556. The second-order valence-corrected chi connectivity index (χ2v) is 3.39. The molecule has 0 atom stereocenters. The quantitative estimate of drug-likeness (QED) is 0.723. The highest BCUT2D eigenvalue weighted by molar-refractivity contribution is 5.90.